The average molecular weight is 471 g/mol. The first-order valence-electron chi connectivity index (χ1n) is 11.3. The van der Waals surface area contributed by atoms with Crippen LogP contribution < -0.4 is 10.6 Å². The number of aliphatic hydroxyl groups is 2. The van der Waals surface area contributed by atoms with E-state index in [-0.39, 0.29) is 24.6 Å². The van der Waals surface area contributed by atoms with E-state index < -0.39 is 29.4 Å². The molecule has 3 aromatic rings. The molecule has 6 nitrogen and oxygen atoms in total. The van der Waals surface area contributed by atoms with Gasteiger partial charge in [-0.1, -0.05) is 12.1 Å². The third-order valence-electron chi connectivity index (χ3n) is 6.17. The topological polar surface area (TPSA) is 94.7 Å². The maximum absolute atomic E-state index is 13.6. The highest BCUT2D eigenvalue weighted by atomic mass is 19.1. The van der Waals surface area contributed by atoms with Gasteiger partial charge >= 0.3 is 0 Å². The molecule has 34 heavy (non-hydrogen) atoms. The minimum absolute atomic E-state index is 0.137. The van der Waals surface area contributed by atoms with Gasteiger partial charge in [0.2, 0.25) is 5.91 Å². The molecule has 2 aromatic carbocycles. The van der Waals surface area contributed by atoms with Crippen molar-refractivity contribution in [3.05, 3.63) is 83.1 Å². The van der Waals surface area contributed by atoms with Crippen molar-refractivity contribution in [1.29, 1.82) is 0 Å². The van der Waals surface area contributed by atoms with Crippen LogP contribution in [0.4, 0.5) is 8.78 Å². The second-order valence-corrected chi connectivity index (χ2v) is 8.83. The summed E-state index contributed by atoms with van der Waals surface area (Å²) in [5.41, 5.74) is 3.37. The highest BCUT2D eigenvalue weighted by Crippen LogP contribution is 2.33. The Morgan fingerprint density at radius 2 is 1.94 bits per heavy atom. The van der Waals surface area contributed by atoms with Gasteiger partial charge in [0.05, 0.1) is 18.8 Å². The zero-order chi connectivity index (χ0) is 24.3. The molecule has 4 N–H and O–H groups in total. The molecule has 1 aromatic heterocycles. The summed E-state index contributed by atoms with van der Waals surface area (Å²) in [6, 6.07) is 11.4. The van der Waals surface area contributed by atoms with E-state index >= 15 is 0 Å². The van der Waals surface area contributed by atoms with E-state index in [0.29, 0.717) is 0 Å². The van der Waals surface area contributed by atoms with Crippen molar-refractivity contribution < 1.29 is 28.2 Å². The van der Waals surface area contributed by atoms with Crippen LogP contribution in [0.15, 0.2) is 59.2 Å². The molecule has 2 atom stereocenters. The van der Waals surface area contributed by atoms with E-state index in [1.165, 1.54) is 12.5 Å². The number of amides is 1. The number of hydrogen-bond donors (Lipinski definition) is 4. The number of hydrogen-bond acceptors (Lipinski definition) is 5. The molecule has 0 bridgehead atoms. The van der Waals surface area contributed by atoms with Crippen LogP contribution in [0.1, 0.15) is 42.5 Å². The maximum Gasteiger partial charge on any atom is 0.217 e. The summed E-state index contributed by atoms with van der Waals surface area (Å²) in [5.74, 6) is -3.66. The minimum Gasteiger partial charge on any atom is -0.464 e. The van der Waals surface area contributed by atoms with Gasteiger partial charge in [-0.3, -0.25) is 4.79 Å². The van der Waals surface area contributed by atoms with Crippen LogP contribution in [0.5, 0.6) is 0 Å². The number of carbonyl (C=O) groups is 1. The number of aryl methyl sites for hydroxylation is 1. The van der Waals surface area contributed by atoms with Crippen LogP contribution in [-0.2, 0) is 17.6 Å². The summed E-state index contributed by atoms with van der Waals surface area (Å²) in [4.78, 5) is 11.7. The fourth-order valence-electron chi connectivity index (χ4n) is 4.54. The van der Waals surface area contributed by atoms with E-state index in [9.17, 15) is 23.8 Å². The summed E-state index contributed by atoms with van der Waals surface area (Å²) in [6.45, 7) is 0.987. The first-order valence-corrected chi connectivity index (χ1v) is 11.3. The van der Waals surface area contributed by atoms with Crippen LogP contribution in [0.3, 0.4) is 0 Å². The molecule has 4 rings (SSSR count). The number of halogens is 2. The molecular formula is C26H28F2N2O4. The standard InChI is InChI=1S/C26H28F2N2O4/c1-16(31)30-25(12-17-10-20(27)14-21(28)11-17)26(32,33)15-29-23-5-2-4-18-7-8-19(13-22(18)23)24-6-3-9-34-24/h3,6-11,13-14,23,25,29,32-33H,2,4-5,12,15H2,1H3,(H,30,31)/t23?,25-/m0/s1. The Labute approximate surface area is 196 Å². The number of nitrogens with one attached hydrogen (secondary N) is 2. The normalized spacial score (nSPS) is 16.7. The highest BCUT2D eigenvalue weighted by molar-refractivity contribution is 5.73. The molecule has 0 aliphatic heterocycles. The summed E-state index contributed by atoms with van der Waals surface area (Å²) >= 11 is 0. The quantitative estimate of drug-likeness (QED) is 0.377. The Kier molecular flexibility index (Phi) is 7.11. The second kappa shape index (κ2) is 10.0. The first-order chi connectivity index (χ1) is 16.2. The van der Waals surface area contributed by atoms with Crippen molar-refractivity contribution in [2.75, 3.05) is 6.54 Å². The van der Waals surface area contributed by atoms with Crippen molar-refractivity contribution in [2.45, 2.75) is 50.5 Å². The molecule has 1 aliphatic carbocycles. The summed E-state index contributed by atoms with van der Waals surface area (Å²) in [5, 5.41) is 27.5. The Hall–Kier alpha value is -3.07. The van der Waals surface area contributed by atoms with E-state index in [1.54, 1.807) is 6.26 Å². The largest absolute Gasteiger partial charge is 0.464 e. The molecule has 1 amide bonds. The van der Waals surface area contributed by atoms with Gasteiger partial charge in [0, 0.05) is 24.6 Å². The zero-order valence-electron chi connectivity index (χ0n) is 18.9. The van der Waals surface area contributed by atoms with Gasteiger partial charge in [-0.25, -0.2) is 8.78 Å². The van der Waals surface area contributed by atoms with Crippen molar-refractivity contribution in [1.82, 2.24) is 10.6 Å². The third-order valence-corrected chi connectivity index (χ3v) is 6.17. The Balaban J connectivity index is 1.52. The predicted octanol–water partition coefficient (Wildman–Crippen LogP) is 3.62. The van der Waals surface area contributed by atoms with Crippen LogP contribution in [-0.4, -0.2) is 34.5 Å². The maximum atomic E-state index is 13.6. The molecule has 8 heteroatoms. The number of benzene rings is 2. The fraction of sp³-hybridized carbons (Fsp3) is 0.346. The first kappa shape index (κ1) is 24.1. The molecular weight excluding hydrogens is 442 g/mol. The molecule has 0 saturated carbocycles. The van der Waals surface area contributed by atoms with E-state index in [2.05, 4.69) is 16.7 Å². The van der Waals surface area contributed by atoms with Crippen molar-refractivity contribution in [2.24, 2.45) is 0 Å². The molecule has 1 heterocycles. The minimum atomic E-state index is -2.37. The van der Waals surface area contributed by atoms with Gasteiger partial charge in [-0.05, 0) is 72.7 Å². The molecule has 0 saturated heterocycles. The number of fused-ring (bicyclic) bond motifs is 1. The summed E-state index contributed by atoms with van der Waals surface area (Å²) in [7, 11) is 0. The number of rotatable bonds is 8. The molecule has 0 radical (unpaired) electrons. The SMILES string of the molecule is CC(=O)N[C@@H](Cc1cc(F)cc(F)c1)C(O)(O)CNC1CCCc2ccc(-c3ccco3)cc21. The van der Waals surface area contributed by atoms with Gasteiger partial charge < -0.3 is 25.3 Å². The average Bonchev–Trinajstić information content (AvgIpc) is 3.31. The number of furan rings is 1. The Morgan fingerprint density at radius 3 is 2.62 bits per heavy atom. The summed E-state index contributed by atoms with van der Waals surface area (Å²) < 4.78 is 32.8. The molecule has 0 fully saturated rings. The van der Waals surface area contributed by atoms with Gasteiger partial charge in [0.25, 0.3) is 0 Å². The second-order valence-electron chi connectivity index (χ2n) is 8.83. The lowest BCUT2D eigenvalue weighted by molar-refractivity contribution is -0.182. The van der Waals surface area contributed by atoms with Crippen molar-refractivity contribution in [3.8, 4) is 11.3 Å². The monoisotopic (exact) mass is 470 g/mol. The number of carbonyl (C=O) groups excluding carboxylic acids is 1. The molecule has 1 aliphatic rings. The molecule has 180 valence electrons. The van der Waals surface area contributed by atoms with Gasteiger partial charge in [-0.2, -0.15) is 0 Å². The van der Waals surface area contributed by atoms with Crippen LogP contribution in [0.2, 0.25) is 0 Å². The zero-order valence-corrected chi connectivity index (χ0v) is 18.9. The molecule has 1 unspecified atom stereocenters. The van der Waals surface area contributed by atoms with Crippen molar-refractivity contribution in [3.63, 3.8) is 0 Å². The summed E-state index contributed by atoms with van der Waals surface area (Å²) in [6.07, 6.45) is 4.11. The lowest BCUT2D eigenvalue weighted by Crippen LogP contribution is -2.58. The lowest BCUT2D eigenvalue weighted by Gasteiger charge is -2.35. The van der Waals surface area contributed by atoms with Crippen molar-refractivity contribution >= 4 is 5.91 Å². The third kappa shape index (κ3) is 5.70. The Morgan fingerprint density at radius 1 is 1.18 bits per heavy atom. The smallest absolute Gasteiger partial charge is 0.217 e. The van der Waals surface area contributed by atoms with E-state index in [1.807, 2.05) is 24.3 Å². The predicted molar refractivity (Wildman–Crippen MR) is 123 cm³/mol. The fourth-order valence-corrected chi connectivity index (χ4v) is 4.54. The van der Waals surface area contributed by atoms with Gasteiger partial charge in [-0.15, -0.1) is 0 Å². The van der Waals surface area contributed by atoms with Gasteiger partial charge in [0.15, 0.2) is 5.79 Å². The van der Waals surface area contributed by atoms with E-state index in [0.717, 1.165) is 54.3 Å². The van der Waals surface area contributed by atoms with Crippen LogP contribution >= 0.6 is 0 Å². The lowest BCUT2D eigenvalue weighted by atomic mass is 9.86. The van der Waals surface area contributed by atoms with E-state index in [4.69, 9.17) is 4.42 Å². The molecule has 0 spiro atoms. The highest BCUT2D eigenvalue weighted by Gasteiger charge is 2.36. The van der Waals surface area contributed by atoms with Crippen LogP contribution in [0.25, 0.3) is 11.3 Å². The Bertz CT molecular complexity index is 1130. The van der Waals surface area contributed by atoms with Gasteiger partial charge in [0.1, 0.15) is 17.4 Å². The van der Waals surface area contributed by atoms with Crippen LogP contribution in [0, 0.1) is 11.6 Å².